The lowest BCUT2D eigenvalue weighted by molar-refractivity contribution is -0.385. The molecule has 0 saturated heterocycles. The van der Waals surface area contributed by atoms with Crippen molar-refractivity contribution in [2.45, 2.75) is 6.92 Å². The maximum atomic E-state index is 10.5. The van der Waals surface area contributed by atoms with Crippen LogP contribution in [0.2, 0.25) is 0 Å². The first-order valence-electron chi connectivity index (χ1n) is 3.47. The van der Waals surface area contributed by atoms with Gasteiger partial charge in [0, 0.05) is 16.1 Å². The molecule has 0 bridgehead atoms. The van der Waals surface area contributed by atoms with Gasteiger partial charge in [-0.3, -0.25) is 16.0 Å². The molecule has 0 aliphatic rings. The molecule has 1 rings (SSSR count). The Hall–Kier alpha value is -1.14. The molecule has 0 aliphatic heterocycles. The van der Waals surface area contributed by atoms with Crippen molar-refractivity contribution in [3.05, 3.63) is 32.3 Å². The minimum absolute atomic E-state index is 0.0520. The van der Waals surface area contributed by atoms with Gasteiger partial charge in [0.25, 0.3) is 5.69 Å². The topological polar surface area (TPSA) is 81.2 Å². The highest BCUT2D eigenvalue weighted by molar-refractivity contribution is 9.10. The first-order chi connectivity index (χ1) is 6.06. The summed E-state index contributed by atoms with van der Waals surface area (Å²) in [6, 6.07) is 3.03. The second kappa shape index (κ2) is 3.71. The summed E-state index contributed by atoms with van der Waals surface area (Å²) in [5.74, 6) is 5.17. The molecule has 0 fully saturated rings. The normalized spacial score (nSPS) is 9.77. The third kappa shape index (κ3) is 1.96. The minimum atomic E-state index is -0.442. The zero-order valence-electron chi connectivity index (χ0n) is 6.87. The van der Waals surface area contributed by atoms with Gasteiger partial charge in [0.2, 0.25) is 0 Å². The lowest BCUT2D eigenvalue weighted by Gasteiger charge is -2.04. The van der Waals surface area contributed by atoms with Crippen molar-refractivity contribution in [3.63, 3.8) is 0 Å². The van der Waals surface area contributed by atoms with Gasteiger partial charge in [-0.05, 0) is 28.9 Å². The predicted molar refractivity (Wildman–Crippen MR) is 53.3 cm³/mol. The van der Waals surface area contributed by atoms with Crippen LogP contribution >= 0.6 is 15.9 Å². The molecule has 0 aliphatic carbocycles. The van der Waals surface area contributed by atoms with E-state index < -0.39 is 4.92 Å². The molecule has 0 radical (unpaired) electrons. The van der Waals surface area contributed by atoms with Gasteiger partial charge in [-0.15, -0.1) is 0 Å². The van der Waals surface area contributed by atoms with Crippen LogP contribution in [0.3, 0.4) is 0 Å². The number of hydrazine groups is 1. The van der Waals surface area contributed by atoms with Crippen molar-refractivity contribution in [2.24, 2.45) is 5.84 Å². The van der Waals surface area contributed by atoms with Gasteiger partial charge in [0.15, 0.2) is 0 Å². The summed E-state index contributed by atoms with van der Waals surface area (Å²) >= 11 is 3.23. The van der Waals surface area contributed by atoms with Crippen LogP contribution in [0.25, 0.3) is 0 Å². The quantitative estimate of drug-likeness (QED) is 0.474. The van der Waals surface area contributed by atoms with Gasteiger partial charge in [0.05, 0.1) is 10.6 Å². The van der Waals surface area contributed by atoms with Crippen LogP contribution in [0.15, 0.2) is 16.6 Å². The molecule has 0 amide bonds. The Morgan fingerprint density at radius 2 is 2.23 bits per heavy atom. The monoisotopic (exact) mass is 245 g/mol. The molecule has 1 aromatic rings. The number of aryl methyl sites for hydroxylation is 1. The number of nitrogen functional groups attached to an aromatic ring is 1. The zero-order chi connectivity index (χ0) is 10.0. The van der Waals surface area contributed by atoms with Crippen LogP contribution < -0.4 is 11.3 Å². The van der Waals surface area contributed by atoms with Gasteiger partial charge in [0.1, 0.15) is 0 Å². The van der Waals surface area contributed by atoms with E-state index in [4.69, 9.17) is 5.84 Å². The molecule has 5 nitrogen and oxygen atoms in total. The number of anilines is 1. The van der Waals surface area contributed by atoms with Crippen molar-refractivity contribution < 1.29 is 4.92 Å². The molecule has 3 N–H and O–H groups in total. The fourth-order valence-electron chi connectivity index (χ4n) is 0.969. The van der Waals surface area contributed by atoms with Crippen LogP contribution in [-0.4, -0.2) is 4.92 Å². The minimum Gasteiger partial charge on any atom is -0.323 e. The Bertz CT molecular complexity index is 354. The summed E-state index contributed by atoms with van der Waals surface area (Å²) in [6.07, 6.45) is 0. The number of rotatable bonds is 2. The van der Waals surface area contributed by atoms with Gasteiger partial charge in [-0.2, -0.15) is 0 Å². The highest BCUT2D eigenvalue weighted by Gasteiger charge is 2.13. The number of nitrogens with zero attached hydrogens (tertiary/aromatic N) is 1. The van der Waals surface area contributed by atoms with Crippen LogP contribution in [0.5, 0.6) is 0 Å². The average Bonchev–Trinajstić information content (AvgIpc) is 2.03. The largest absolute Gasteiger partial charge is 0.323 e. The fraction of sp³-hybridized carbons (Fsp3) is 0.143. The third-order valence-corrected chi connectivity index (χ3v) is 2.29. The van der Waals surface area contributed by atoms with Gasteiger partial charge >= 0.3 is 0 Å². The number of halogens is 1. The van der Waals surface area contributed by atoms with Crippen molar-refractivity contribution in [3.8, 4) is 0 Å². The highest BCUT2D eigenvalue weighted by Crippen LogP contribution is 2.29. The Morgan fingerprint density at radius 1 is 1.62 bits per heavy atom. The molecular weight excluding hydrogens is 238 g/mol. The fourth-order valence-corrected chi connectivity index (χ4v) is 1.54. The van der Waals surface area contributed by atoms with Crippen LogP contribution in [0.1, 0.15) is 5.56 Å². The van der Waals surface area contributed by atoms with E-state index in [0.717, 1.165) is 0 Å². The van der Waals surface area contributed by atoms with Crippen LogP contribution in [0, 0.1) is 17.0 Å². The Labute approximate surface area is 83.2 Å². The molecule has 70 valence electrons. The molecule has 0 heterocycles. The Balaban J connectivity index is 3.30. The lowest BCUT2D eigenvalue weighted by atomic mass is 10.2. The number of nitrogens with two attached hydrogens (primary N) is 1. The number of nitro groups is 1. The van der Waals surface area contributed by atoms with E-state index >= 15 is 0 Å². The first kappa shape index (κ1) is 9.94. The van der Waals surface area contributed by atoms with Crippen molar-refractivity contribution in [1.82, 2.24) is 0 Å². The SMILES string of the molecule is Cc1cc(Br)c(NN)cc1[N+](=O)[O-]. The third-order valence-electron chi connectivity index (χ3n) is 1.64. The molecule has 0 saturated carbocycles. The summed E-state index contributed by atoms with van der Waals surface area (Å²) in [7, 11) is 0. The van der Waals surface area contributed by atoms with Crippen molar-refractivity contribution >= 4 is 27.3 Å². The lowest BCUT2D eigenvalue weighted by Crippen LogP contribution is -2.08. The Morgan fingerprint density at radius 3 is 2.69 bits per heavy atom. The van der Waals surface area contributed by atoms with E-state index in [9.17, 15) is 10.1 Å². The summed E-state index contributed by atoms with van der Waals surface area (Å²) < 4.78 is 0.707. The summed E-state index contributed by atoms with van der Waals surface area (Å²) in [5, 5.41) is 10.5. The molecule has 0 spiro atoms. The molecule has 0 atom stereocenters. The maximum Gasteiger partial charge on any atom is 0.274 e. The smallest absolute Gasteiger partial charge is 0.274 e. The second-order valence-corrected chi connectivity index (χ2v) is 3.37. The molecule has 0 aromatic heterocycles. The van der Waals surface area contributed by atoms with Gasteiger partial charge in [-0.1, -0.05) is 0 Å². The van der Waals surface area contributed by atoms with E-state index in [2.05, 4.69) is 21.4 Å². The number of benzene rings is 1. The van der Waals surface area contributed by atoms with Crippen molar-refractivity contribution in [1.29, 1.82) is 0 Å². The maximum absolute atomic E-state index is 10.5. The van der Waals surface area contributed by atoms with E-state index in [-0.39, 0.29) is 5.69 Å². The number of hydrogen-bond donors (Lipinski definition) is 2. The number of nitrogens with one attached hydrogen (secondary N) is 1. The summed E-state index contributed by atoms with van der Waals surface area (Å²) in [4.78, 5) is 10.1. The number of nitro benzene ring substituents is 1. The predicted octanol–water partition coefficient (Wildman–Crippen LogP) is 1.95. The second-order valence-electron chi connectivity index (χ2n) is 2.52. The summed E-state index contributed by atoms with van der Waals surface area (Å²) in [6.45, 7) is 1.67. The molecule has 1 aromatic carbocycles. The average molecular weight is 246 g/mol. The number of hydrogen-bond acceptors (Lipinski definition) is 4. The van der Waals surface area contributed by atoms with Crippen LogP contribution in [0.4, 0.5) is 11.4 Å². The summed E-state index contributed by atoms with van der Waals surface area (Å²) in [5.41, 5.74) is 3.51. The first-order valence-corrected chi connectivity index (χ1v) is 4.26. The van der Waals surface area contributed by atoms with E-state index in [0.29, 0.717) is 15.7 Å². The van der Waals surface area contributed by atoms with Gasteiger partial charge in [-0.25, -0.2) is 0 Å². The molecule has 13 heavy (non-hydrogen) atoms. The highest BCUT2D eigenvalue weighted by atomic mass is 79.9. The molecular formula is C7H8BrN3O2. The van der Waals surface area contributed by atoms with Crippen molar-refractivity contribution in [2.75, 3.05) is 5.43 Å². The van der Waals surface area contributed by atoms with E-state index in [1.54, 1.807) is 13.0 Å². The van der Waals surface area contributed by atoms with Crippen LogP contribution in [-0.2, 0) is 0 Å². The molecule has 6 heteroatoms. The zero-order valence-corrected chi connectivity index (χ0v) is 8.46. The Kier molecular flexibility index (Phi) is 2.84. The molecule has 0 unspecified atom stereocenters. The van der Waals surface area contributed by atoms with E-state index in [1.807, 2.05) is 0 Å². The standard InChI is InChI=1S/C7H8BrN3O2/c1-4-2-5(8)6(10-9)3-7(4)11(12)13/h2-3,10H,9H2,1H3. The van der Waals surface area contributed by atoms with Gasteiger partial charge < -0.3 is 5.43 Å². The van der Waals surface area contributed by atoms with E-state index in [1.165, 1.54) is 6.07 Å².